The van der Waals surface area contributed by atoms with E-state index >= 15 is 0 Å². The molecule has 2 aromatic rings. The Labute approximate surface area is 148 Å². The molecule has 25 heavy (non-hydrogen) atoms. The number of piperazine rings is 1. The summed E-state index contributed by atoms with van der Waals surface area (Å²) in [6, 6.07) is 10.6. The van der Waals surface area contributed by atoms with E-state index in [1.807, 2.05) is 19.9 Å². The molecule has 1 aromatic carbocycles. The molecule has 0 saturated carbocycles. The van der Waals surface area contributed by atoms with Crippen molar-refractivity contribution >= 4 is 11.7 Å². The molecule has 1 fully saturated rings. The average molecular weight is 339 g/mol. The Hall–Kier alpha value is -2.47. The van der Waals surface area contributed by atoms with Crippen molar-refractivity contribution in [2.75, 3.05) is 31.1 Å². The van der Waals surface area contributed by atoms with Crippen LogP contribution in [0.4, 0.5) is 5.82 Å². The summed E-state index contributed by atoms with van der Waals surface area (Å²) in [5.74, 6) is 0.655. The minimum Gasteiger partial charge on any atom is -0.353 e. The number of anilines is 1. The first kappa shape index (κ1) is 17.4. The molecule has 0 spiro atoms. The highest BCUT2D eigenvalue weighted by atomic mass is 16.1. The second-order valence-electron chi connectivity index (χ2n) is 6.64. The minimum absolute atomic E-state index is 0.0895. The van der Waals surface area contributed by atoms with Gasteiger partial charge in [0, 0.05) is 38.8 Å². The van der Waals surface area contributed by atoms with Gasteiger partial charge in [-0.15, -0.1) is 0 Å². The minimum atomic E-state index is -0.179. The number of aromatic nitrogens is 2. The zero-order chi connectivity index (χ0) is 17.6. The van der Waals surface area contributed by atoms with Crippen LogP contribution < -0.4 is 10.2 Å². The molecule has 0 atom stereocenters. The summed E-state index contributed by atoms with van der Waals surface area (Å²) in [5, 5.41) is 2.83. The number of nitrogens with one attached hydrogen (secondary N) is 1. The summed E-state index contributed by atoms with van der Waals surface area (Å²) in [5.41, 5.74) is 1.71. The summed E-state index contributed by atoms with van der Waals surface area (Å²) in [7, 11) is 0. The van der Waals surface area contributed by atoms with Crippen LogP contribution in [0.5, 0.6) is 0 Å². The number of rotatable bonds is 5. The summed E-state index contributed by atoms with van der Waals surface area (Å²) in [6.45, 7) is 8.65. The molecule has 1 aliphatic heterocycles. The lowest BCUT2D eigenvalue weighted by Gasteiger charge is -2.35. The molecular formula is C19H25N5O. The van der Waals surface area contributed by atoms with Gasteiger partial charge in [-0.1, -0.05) is 30.3 Å². The first-order valence-corrected chi connectivity index (χ1v) is 8.76. The van der Waals surface area contributed by atoms with Crippen LogP contribution in [0.15, 0.2) is 42.7 Å². The Morgan fingerprint density at radius 1 is 1.08 bits per heavy atom. The fourth-order valence-corrected chi connectivity index (χ4v) is 2.91. The van der Waals surface area contributed by atoms with Gasteiger partial charge in [-0.05, 0) is 19.4 Å². The normalized spacial score (nSPS) is 15.4. The van der Waals surface area contributed by atoms with Gasteiger partial charge in [0.15, 0.2) is 0 Å². The Morgan fingerprint density at radius 3 is 2.40 bits per heavy atom. The van der Waals surface area contributed by atoms with E-state index in [-0.39, 0.29) is 11.9 Å². The second-order valence-corrected chi connectivity index (χ2v) is 6.64. The van der Waals surface area contributed by atoms with Crippen molar-refractivity contribution in [1.29, 1.82) is 0 Å². The SMILES string of the molecule is CC(C)NC(=O)c1cnc(N2CCN(Cc3ccccc3)CC2)cn1. The number of hydrogen-bond acceptors (Lipinski definition) is 5. The molecular weight excluding hydrogens is 314 g/mol. The molecule has 3 rings (SSSR count). The van der Waals surface area contributed by atoms with Gasteiger partial charge >= 0.3 is 0 Å². The maximum absolute atomic E-state index is 11.9. The van der Waals surface area contributed by atoms with E-state index in [1.165, 1.54) is 5.56 Å². The molecule has 1 N–H and O–H groups in total. The lowest BCUT2D eigenvalue weighted by Crippen LogP contribution is -2.46. The molecule has 1 saturated heterocycles. The van der Waals surface area contributed by atoms with Crippen molar-refractivity contribution in [3.63, 3.8) is 0 Å². The lowest BCUT2D eigenvalue weighted by molar-refractivity contribution is 0.0937. The van der Waals surface area contributed by atoms with Crippen molar-refractivity contribution in [1.82, 2.24) is 20.2 Å². The zero-order valence-corrected chi connectivity index (χ0v) is 14.9. The van der Waals surface area contributed by atoms with Crippen LogP contribution in [0, 0.1) is 0 Å². The molecule has 6 nitrogen and oxygen atoms in total. The van der Waals surface area contributed by atoms with E-state index in [4.69, 9.17) is 0 Å². The van der Waals surface area contributed by atoms with Crippen LogP contribution in [0.1, 0.15) is 29.9 Å². The zero-order valence-electron chi connectivity index (χ0n) is 14.9. The van der Waals surface area contributed by atoms with Gasteiger partial charge in [0.05, 0.1) is 12.4 Å². The third-order valence-corrected chi connectivity index (χ3v) is 4.24. The van der Waals surface area contributed by atoms with Crippen molar-refractivity contribution in [2.45, 2.75) is 26.4 Å². The third-order valence-electron chi connectivity index (χ3n) is 4.24. The van der Waals surface area contributed by atoms with Gasteiger partial charge < -0.3 is 10.2 Å². The fraction of sp³-hybridized carbons (Fsp3) is 0.421. The standard InChI is InChI=1S/C19H25N5O/c1-15(2)22-19(25)17-12-21-18(13-20-17)24-10-8-23(9-11-24)14-16-6-4-3-5-7-16/h3-7,12-13,15H,8-11,14H2,1-2H3,(H,22,25). The number of amides is 1. The largest absolute Gasteiger partial charge is 0.353 e. The molecule has 0 aliphatic carbocycles. The highest BCUT2D eigenvalue weighted by molar-refractivity contribution is 5.92. The molecule has 1 amide bonds. The first-order valence-electron chi connectivity index (χ1n) is 8.76. The van der Waals surface area contributed by atoms with Gasteiger partial charge in [-0.2, -0.15) is 0 Å². The van der Waals surface area contributed by atoms with Gasteiger partial charge in [0.25, 0.3) is 5.91 Å². The third kappa shape index (κ3) is 4.76. The van der Waals surface area contributed by atoms with Crippen LogP contribution in [0.25, 0.3) is 0 Å². The monoisotopic (exact) mass is 339 g/mol. The Kier molecular flexibility index (Phi) is 5.60. The van der Waals surface area contributed by atoms with Crippen LogP contribution >= 0.6 is 0 Å². The van der Waals surface area contributed by atoms with E-state index in [0.29, 0.717) is 5.69 Å². The number of hydrogen-bond donors (Lipinski definition) is 1. The average Bonchev–Trinajstić information content (AvgIpc) is 2.63. The number of carbonyl (C=O) groups is 1. The summed E-state index contributed by atoms with van der Waals surface area (Å²) >= 11 is 0. The van der Waals surface area contributed by atoms with Crippen LogP contribution in [-0.4, -0.2) is 53.0 Å². The lowest BCUT2D eigenvalue weighted by atomic mass is 10.2. The van der Waals surface area contributed by atoms with Crippen molar-refractivity contribution < 1.29 is 4.79 Å². The highest BCUT2D eigenvalue weighted by Gasteiger charge is 2.19. The number of carbonyl (C=O) groups excluding carboxylic acids is 1. The van der Waals surface area contributed by atoms with Crippen molar-refractivity contribution in [2.24, 2.45) is 0 Å². The van der Waals surface area contributed by atoms with Gasteiger partial charge in [-0.3, -0.25) is 9.69 Å². The van der Waals surface area contributed by atoms with Crippen LogP contribution in [0.2, 0.25) is 0 Å². The van der Waals surface area contributed by atoms with E-state index < -0.39 is 0 Å². The van der Waals surface area contributed by atoms with E-state index in [1.54, 1.807) is 12.4 Å². The topological polar surface area (TPSA) is 61.4 Å². The maximum Gasteiger partial charge on any atom is 0.271 e. The van der Waals surface area contributed by atoms with Crippen LogP contribution in [-0.2, 0) is 6.54 Å². The van der Waals surface area contributed by atoms with E-state index in [9.17, 15) is 4.79 Å². The van der Waals surface area contributed by atoms with E-state index in [0.717, 1.165) is 38.5 Å². The summed E-state index contributed by atoms with van der Waals surface area (Å²) in [4.78, 5) is 25.3. The number of nitrogens with zero attached hydrogens (tertiary/aromatic N) is 4. The molecule has 0 bridgehead atoms. The molecule has 2 heterocycles. The van der Waals surface area contributed by atoms with Gasteiger partial charge in [-0.25, -0.2) is 9.97 Å². The van der Waals surface area contributed by atoms with Gasteiger partial charge in [0.1, 0.15) is 11.5 Å². The molecule has 1 aromatic heterocycles. The van der Waals surface area contributed by atoms with Gasteiger partial charge in [0.2, 0.25) is 0 Å². The van der Waals surface area contributed by atoms with E-state index in [2.05, 4.69) is 49.4 Å². The number of benzene rings is 1. The second kappa shape index (κ2) is 8.07. The molecule has 1 aliphatic rings. The van der Waals surface area contributed by atoms with Crippen molar-refractivity contribution in [3.8, 4) is 0 Å². The fourth-order valence-electron chi connectivity index (χ4n) is 2.91. The quantitative estimate of drug-likeness (QED) is 0.902. The Morgan fingerprint density at radius 2 is 1.80 bits per heavy atom. The molecule has 0 radical (unpaired) electrons. The summed E-state index contributed by atoms with van der Waals surface area (Å²) in [6.07, 6.45) is 3.26. The smallest absolute Gasteiger partial charge is 0.271 e. The molecule has 0 unspecified atom stereocenters. The van der Waals surface area contributed by atoms with Crippen LogP contribution in [0.3, 0.4) is 0 Å². The predicted molar refractivity (Wildman–Crippen MR) is 98.6 cm³/mol. The molecule has 6 heteroatoms. The first-order chi connectivity index (χ1) is 12.1. The highest BCUT2D eigenvalue weighted by Crippen LogP contribution is 2.14. The predicted octanol–water partition coefficient (Wildman–Crippen LogP) is 1.94. The Balaban J connectivity index is 1.53. The maximum atomic E-state index is 11.9. The summed E-state index contributed by atoms with van der Waals surface area (Å²) < 4.78 is 0. The van der Waals surface area contributed by atoms with Crippen molar-refractivity contribution in [3.05, 3.63) is 54.0 Å². The Bertz CT molecular complexity index is 679. The molecule has 132 valence electrons.